The summed E-state index contributed by atoms with van der Waals surface area (Å²) < 4.78 is 32.6. The van der Waals surface area contributed by atoms with Crippen molar-refractivity contribution in [2.24, 2.45) is 0 Å². The van der Waals surface area contributed by atoms with Gasteiger partial charge in [-0.2, -0.15) is 4.31 Å². The molecule has 1 heterocycles. The number of benzene rings is 2. The highest BCUT2D eigenvalue weighted by Gasteiger charge is 2.23. The van der Waals surface area contributed by atoms with Crippen LogP contribution in [0.5, 0.6) is 0 Å². The van der Waals surface area contributed by atoms with E-state index in [0.717, 1.165) is 25.0 Å². The van der Waals surface area contributed by atoms with E-state index in [2.05, 4.69) is 5.32 Å². The Hall–Kier alpha value is -1.93. The minimum Gasteiger partial charge on any atom is -0.376 e. The third-order valence-corrected chi connectivity index (χ3v) is 7.08. The summed E-state index contributed by atoms with van der Waals surface area (Å²) in [6, 6.07) is 13.1. The van der Waals surface area contributed by atoms with Crippen molar-refractivity contribution in [2.75, 3.05) is 19.7 Å². The Balaban J connectivity index is 1.64. The van der Waals surface area contributed by atoms with Crippen LogP contribution in [0.25, 0.3) is 0 Å². The molecule has 0 aromatic heterocycles. The highest BCUT2D eigenvalue weighted by Crippen LogP contribution is 2.20. The first-order valence-electron chi connectivity index (χ1n) is 9.64. The van der Waals surface area contributed by atoms with E-state index in [0.29, 0.717) is 23.7 Å². The number of amides is 1. The Morgan fingerprint density at radius 3 is 2.45 bits per heavy atom. The van der Waals surface area contributed by atoms with Gasteiger partial charge < -0.3 is 10.1 Å². The number of rotatable bonds is 8. The van der Waals surface area contributed by atoms with Crippen LogP contribution in [0.1, 0.15) is 35.7 Å². The summed E-state index contributed by atoms with van der Waals surface area (Å²) in [6.45, 7) is 3.60. The summed E-state index contributed by atoms with van der Waals surface area (Å²) in [5, 5.41) is 3.37. The summed E-state index contributed by atoms with van der Waals surface area (Å²) in [4.78, 5) is 12.5. The van der Waals surface area contributed by atoms with Crippen LogP contribution in [0.4, 0.5) is 0 Å². The summed E-state index contributed by atoms with van der Waals surface area (Å²) >= 11 is 5.86. The van der Waals surface area contributed by atoms with Gasteiger partial charge in [0.15, 0.2) is 0 Å². The van der Waals surface area contributed by atoms with Crippen LogP contribution in [0.15, 0.2) is 53.4 Å². The lowest BCUT2D eigenvalue weighted by Crippen LogP contribution is -2.32. The number of halogens is 1. The zero-order valence-corrected chi connectivity index (χ0v) is 17.9. The minimum atomic E-state index is -3.63. The van der Waals surface area contributed by atoms with Crippen molar-refractivity contribution < 1.29 is 17.9 Å². The molecule has 0 aliphatic carbocycles. The van der Waals surface area contributed by atoms with Crippen LogP contribution >= 0.6 is 11.6 Å². The number of nitrogens with one attached hydrogen (secondary N) is 1. The number of hydrogen-bond acceptors (Lipinski definition) is 4. The first-order chi connectivity index (χ1) is 13.9. The molecular weight excluding hydrogens is 412 g/mol. The second-order valence-electron chi connectivity index (χ2n) is 6.93. The van der Waals surface area contributed by atoms with Crippen molar-refractivity contribution in [1.82, 2.24) is 9.62 Å². The van der Waals surface area contributed by atoms with Crippen LogP contribution in [0, 0.1) is 0 Å². The van der Waals surface area contributed by atoms with Gasteiger partial charge >= 0.3 is 0 Å². The summed E-state index contributed by atoms with van der Waals surface area (Å²) in [7, 11) is -3.63. The first-order valence-corrected chi connectivity index (χ1v) is 11.5. The van der Waals surface area contributed by atoms with Crippen molar-refractivity contribution >= 4 is 27.5 Å². The molecule has 29 heavy (non-hydrogen) atoms. The van der Waals surface area contributed by atoms with Gasteiger partial charge in [0.25, 0.3) is 5.91 Å². The third kappa shape index (κ3) is 5.57. The molecule has 1 aliphatic heterocycles. The maximum Gasteiger partial charge on any atom is 0.251 e. The molecule has 2 aromatic carbocycles. The molecule has 0 bridgehead atoms. The maximum absolute atomic E-state index is 12.9. The highest BCUT2D eigenvalue weighted by atomic mass is 35.5. The Morgan fingerprint density at radius 2 is 1.86 bits per heavy atom. The zero-order chi connectivity index (χ0) is 20.9. The molecule has 0 radical (unpaired) electrons. The Bertz CT molecular complexity index is 924. The lowest BCUT2D eigenvalue weighted by molar-refractivity contribution is 0.0857. The molecule has 3 rings (SSSR count). The molecule has 0 unspecified atom stereocenters. The minimum absolute atomic E-state index is 0.0920. The van der Waals surface area contributed by atoms with E-state index in [1.54, 1.807) is 43.3 Å². The van der Waals surface area contributed by atoms with E-state index in [-0.39, 0.29) is 23.5 Å². The molecule has 6 nitrogen and oxygen atoms in total. The quantitative estimate of drug-likeness (QED) is 0.687. The first kappa shape index (κ1) is 21.8. The largest absolute Gasteiger partial charge is 0.376 e. The Morgan fingerprint density at radius 1 is 1.17 bits per heavy atom. The topological polar surface area (TPSA) is 75.7 Å². The van der Waals surface area contributed by atoms with E-state index in [4.69, 9.17) is 16.3 Å². The van der Waals surface area contributed by atoms with Gasteiger partial charge in [0.2, 0.25) is 10.0 Å². The van der Waals surface area contributed by atoms with Crippen molar-refractivity contribution in [3.63, 3.8) is 0 Å². The van der Waals surface area contributed by atoms with Crippen molar-refractivity contribution in [1.29, 1.82) is 0 Å². The Labute approximate surface area is 176 Å². The predicted molar refractivity (Wildman–Crippen MR) is 112 cm³/mol. The van der Waals surface area contributed by atoms with Gasteiger partial charge in [-0.3, -0.25) is 4.79 Å². The number of carbonyl (C=O) groups is 1. The van der Waals surface area contributed by atoms with Gasteiger partial charge in [-0.1, -0.05) is 30.7 Å². The van der Waals surface area contributed by atoms with Gasteiger partial charge in [0, 0.05) is 36.8 Å². The molecule has 156 valence electrons. The van der Waals surface area contributed by atoms with Crippen LogP contribution in [-0.2, 0) is 21.3 Å². The smallest absolute Gasteiger partial charge is 0.251 e. The molecule has 8 heteroatoms. The number of ether oxygens (including phenoxy) is 1. The average molecular weight is 437 g/mol. The molecule has 1 saturated heterocycles. The predicted octanol–water partition coefficient (Wildman–Crippen LogP) is 3.46. The van der Waals surface area contributed by atoms with Gasteiger partial charge in [-0.25, -0.2) is 8.42 Å². The molecule has 1 fully saturated rings. The number of hydrogen-bond donors (Lipinski definition) is 1. The van der Waals surface area contributed by atoms with E-state index >= 15 is 0 Å². The van der Waals surface area contributed by atoms with Crippen molar-refractivity contribution in [2.45, 2.75) is 37.3 Å². The van der Waals surface area contributed by atoms with Crippen LogP contribution in [0.3, 0.4) is 0 Å². The van der Waals surface area contributed by atoms with Gasteiger partial charge in [0.1, 0.15) is 0 Å². The normalized spacial score (nSPS) is 16.9. The average Bonchev–Trinajstić information content (AvgIpc) is 3.24. The molecule has 1 atom stereocenters. The lowest BCUT2D eigenvalue weighted by Gasteiger charge is -2.21. The summed E-state index contributed by atoms with van der Waals surface area (Å²) in [5.74, 6) is -0.159. The summed E-state index contributed by atoms with van der Waals surface area (Å²) in [6.07, 6.45) is 2.09. The fourth-order valence-corrected chi connectivity index (χ4v) is 4.76. The highest BCUT2D eigenvalue weighted by molar-refractivity contribution is 7.89. The Kier molecular flexibility index (Phi) is 7.29. The SMILES string of the molecule is CCN(Cc1ccc(C(=O)NC[C@@H]2CCCO2)cc1)S(=O)(=O)c1ccc(Cl)cc1. The van der Waals surface area contributed by atoms with Crippen molar-refractivity contribution in [3.8, 4) is 0 Å². The van der Waals surface area contributed by atoms with Crippen molar-refractivity contribution in [3.05, 3.63) is 64.7 Å². The molecule has 1 amide bonds. The second-order valence-corrected chi connectivity index (χ2v) is 9.30. The maximum atomic E-state index is 12.9. The second kappa shape index (κ2) is 9.71. The zero-order valence-electron chi connectivity index (χ0n) is 16.3. The summed E-state index contributed by atoms with van der Waals surface area (Å²) in [5.41, 5.74) is 1.34. The fraction of sp³-hybridized carbons (Fsp3) is 0.381. The monoisotopic (exact) mass is 436 g/mol. The standard InChI is InChI=1S/C21H25ClN2O4S/c1-2-24(29(26,27)20-11-9-18(22)10-12-20)15-16-5-7-17(8-6-16)21(25)23-14-19-4-3-13-28-19/h5-12,19H,2-4,13-15H2,1H3,(H,23,25)/t19-/m0/s1. The molecule has 0 spiro atoms. The third-order valence-electron chi connectivity index (χ3n) is 4.89. The van der Waals surface area contributed by atoms with E-state index in [1.807, 2.05) is 0 Å². The fourth-order valence-electron chi connectivity index (χ4n) is 3.20. The van der Waals surface area contributed by atoms with Gasteiger partial charge in [-0.05, 0) is 54.8 Å². The van der Waals surface area contributed by atoms with Crippen LogP contribution in [0.2, 0.25) is 5.02 Å². The van der Waals surface area contributed by atoms with Gasteiger partial charge in [0.05, 0.1) is 11.0 Å². The number of nitrogens with zero attached hydrogens (tertiary/aromatic N) is 1. The van der Waals surface area contributed by atoms with Gasteiger partial charge in [-0.15, -0.1) is 0 Å². The lowest BCUT2D eigenvalue weighted by atomic mass is 10.1. The number of sulfonamides is 1. The van der Waals surface area contributed by atoms with Crippen LogP contribution in [-0.4, -0.2) is 44.4 Å². The van der Waals surface area contributed by atoms with E-state index in [9.17, 15) is 13.2 Å². The molecule has 1 aliphatic rings. The number of carbonyl (C=O) groups excluding carboxylic acids is 1. The molecule has 1 N–H and O–H groups in total. The van der Waals surface area contributed by atoms with Crippen LogP contribution < -0.4 is 5.32 Å². The van der Waals surface area contributed by atoms with E-state index < -0.39 is 10.0 Å². The molecule has 2 aromatic rings. The van der Waals surface area contributed by atoms with E-state index in [1.165, 1.54) is 16.4 Å². The molecular formula is C21H25ClN2O4S. The molecule has 0 saturated carbocycles.